The van der Waals surface area contributed by atoms with Crippen LogP contribution in [0.3, 0.4) is 0 Å². The van der Waals surface area contributed by atoms with Gasteiger partial charge in [-0.25, -0.2) is 13.1 Å². The van der Waals surface area contributed by atoms with Crippen LogP contribution in [0.1, 0.15) is 24.1 Å². The summed E-state index contributed by atoms with van der Waals surface area (Å²) in [6, 6.07) is 22.8. The Morgan fingerprint density at radius 3 is 2.26 bits per heavy atom. The second kappa shape index (κ2) is 10.6. The number of hydrogen-bond donors (Lipinski definition) is 2. The molecule has 0 aliphatic rings. The van der Waals surface area contributed by atoms with Gasteiger partial charge >= 0.3 is 0 Å². The highest BCUT2D eigenvalue weighted by Gasteiger charge is 2.14. The predicted octanol–water partition coefficient (Wildman–Crippen LogP) is 4.18. The minimum Gasteiger partial charge on any atom is -0.484 e. The zero-order valence-corrected chi connectivity index (χ0v) is 19.3. The van der Waals surface area contributed by atoms with Gasteiger partial charge in [-0.2, -0.15) is 0 Å². The summed E-state index contributed by atoms with van der Waals surface area (Å²) in [5.74, 6) is 0.144. The summed E-state index contributed by atoms with van der Waals surface area (Å²) < 4.78 is 33.9. The molecule has 3 rings (SSSR count). The van der Waals surface area contributed by atoms with Crippen LogP contribution in [-0.4, -0.2) is 20.9 Å². The van der Waals surface area contributed by atoms with Gasteiger partial charge in [0.05, 0.1) is 10.9 Å². The molecule has 1 atom stereocenters. The number of nitrogens with one attached hydrogen (secondary N) is 2. The molecule has 0 unspecified atom stereocenters. The van der Waals surface area contributed by atoms with Gasteiger partial charge in [0.2, 0.25) is 10.0 Å². The number of benzene rings is 3. The van der Waals surface area contributed by atoms with Gasteiger partial charge in [0.25, 0.3) is 5.91 Å². The zero-order valence-electron chi connectivity index (χ0n) is 16.9. The van der Waals surface area contributed by atoms with Crippen molar-refractivity contribution in [2.24, 2.45) is 0 Å². The lowest BCUT2D eigenvalue weighted by molar-refractivity contribution is -0.123. The molecule has 0 spiro atoms. The molecule has 1 amide bonds. The highest BCUT2D eigenvalue weighted by Crippen LogP contribution is 2.18. The standard InChI is InChI=1S/C23H23BrN2O4S/c1-17(19-7-9-20(24)10-8-19)26-23(27)16-30-21-11-13-22(14-12-21)31(28,29)25-15-18-5-3-2-4-6-18/h2-14,17,25H,15-16H2,1H3,(H,26,27)/t17-/m1/s1. The van der Waals surface area contributed by atoms with Crippen molar-refractivity contribution in [2.45, 2.75) is 24.4 Å². The van der Waals surface area contributed by atoms with Crippen molar-refractivity contribution < 1.29 is 17.9 Å². The molecule has 0 radical (unpaired) electrons. The number of amides is 1. The van der Waals surface area contributed by atoms with Crippen LogP contribution in [0, 0.1) is 0 Å². The van der Waals surface area contributed by atoms with Gasteiger partial charge in [-0.3, -0.25) is 4.79 Å². The zero-order chi connectivity index (χ0) is 22.3. The molecule has 3 aromatic carbocycles. The summed E-state index contributed by atoms with van der Waals surface area (Å²) in [4.78, 5) is 12.3. The second-order valence-corrected chi connectivity index (χ2v) is 9.59. The Bertz CT molecular complexity index is 1100. The van der Waals surface area contributed by atoms with Gasteiger partial charge in [-0.1, -0.05) is 58.4 Å². The van der Waals surface area contributed by atoms with Crippen LogP contribution in [0.15, 0.2) is 88.2 Å². The van der Waals surface area contributed by atoms with Gasteiger partial charge in [-0.15, -0.1) is 0 Å². The highest BCUT2D eigenvalue weighted by atomic mass is 79.9. The van der Waals surface area contributed by atoms with Crippen molar-refractivity contribution in [2.75, 3.05) is 6.61 Å². The Morgan fingerprint density at radius 1 is 0.968 bits per heavy atom. The molecule has 0 aliphatic heterocycles. The van der Waals surface area contributed by atoms with Crippen LogP contribution < -0.4 is 14.8 Å². The first-order valence-electron chi connectivity index (χ1n) is 9.65. The third-order valence-corrected chi connectivity index (χ3v) is 6.51. The van der Waals surface area contributed by atoms with E-state index in [4.69, 9.17) is 4.74 Å². The van der Waals surface area contributed by atoms with E-state index in [1.807, 2.05) is 61.5 Å². The first-order chi connectivity index (χ1) is 14.8. The second-order valence-electron chi connectivity index (χ2n) is 6.91. The molecule has 2 N–H and O–H groups in total. The first-order valence-corrected chi connectivity index (χ1v) is 11.9. The van der Waals surface area contributed by atoms with E-state index in [9.17, 15) is 13.2 Å². The summed E-state index contributed by atoms with van der Waals surface area (Å²) in [7, 11) is -3.64. The number of carbonyl (C=O) groups is 1. The van der Waals surface area contributed by atoms with Crippen LogP contribution in [0.4, 0.5) is 0 Å². The normalized spacial score (nSPS) is 12.2. The minimum atomic E-state index is -3.64. The number of halogens is 1. The molecule has 0 fully saturated rings. The lowest BCUT2D eigenvalue weighted by atomic mass is 10.1. The fourth-order valence-electron chi connectivity index (χ4n) is 2.84. The van der Waals surface area contributed by atoms with Crippen LogP contribution in [0.25, 0.3) is 0 Å². The molecule has 0 aliphatic carbocycles. The molecule has 0 aromatic heterocycles. The Kier molecular flexibility index (Phi) is 7.84. The quantitative estimate of drug-likeness (QED) is 0.459. The van der Waals surface area contributed by atoms with E-state index in [0.29, 0.717) is 5.75 Å². The van der Waals surface area contributed by atoms with Crippen molar-refractivity contribution in [3.63, 3.8) is 0 Å². The van der Waals surface area contributed by atoms with E-state index in [2.05, 4.69) is 26.0 Å². The predicted molar refractivity (Wildman–Crippen MR) is 123 cm³/mol. The summed E-state index contributed by atoms with van der Waals surface area (Å²) in [6.07, 6.45) is 0. The Balaban J connectivity index is 1.50. The first kappa shape index (κ1) is 23.0. The average molecular weight is 503 g/mol. The van der Waals surface area contributed by atoms with E-state index in [0.717, 1.165) is 15.6 Å². The monoisotopic (exact) mass is 502 g/mol. The molecular weight excluding hydrogens is 480 g/mol. The summed E-state index contributed by atoms with van der Waals surface area (Å²) in [5.41, 5.74) is 1.85. The number of ether oxygens (including phenoxy) is 1. The number of rotatable bonds is 9. The van der Waals surface area contributed by atoms with E-state index >= 15 is 0 Å². The topological polar surface area (TPSA) is 84.5 Å². The maximum Gasteiger partial charge on any atom is 0.258 e. The Labute approximate surface area is 190 Å². The molecule has 0 heterocycles. The van der Waals surface area contributed by atoms with Gasteiger partial charge in [0, 0.05) is 11.0 Å². The molecular formula is C23H23BrN2O4S. The van der Waals surface area contributed by atoms with Crippen LogP contribution in [-0.2, 0) is 21.4 Å². The largest absolute Gasteiger partial charge is 0.484 e. The Morgan fingerprint density at radius 2 is 1.61 bits per heavy atom. The maximum absolute atomic E-state index is 12.4. The molecule has 31 heavy (non-hydrogen) atoms. The van der Waals surface area contributed by atoms with Gasteiger partial charge in [0.15, 0.2) is 6.61 Å². The molecule has 8 heteroatoms. The molecule has 0 saturated carbocycles. The van der Waals surface area contributed by atoms with Crippen molar-refractivity contribution in [1.82, 2.24) is 10.0 Å². The highest BCUT2D eigenvalue weighted by molar-refractivity contribution is 9.10. The van der Waals surface area contributed by atoms with Crippen molar-refractivity contribution >= 4 is 31.9 Å². The smallest absolute Gasteiger partial charge is 0.258 e. The van der Waals surface area contributed by atoms with Gasteiger partial charge < -0.3 is 10.1 Å². The van der Waals surface area contributed by atoms with Crippen molar-refractivity contribution in [3.05, 3.63) is 94.5 Å². The number of carbonyl (C=O) groups excluding carboxylic acids is 1. The summed E-state index contributed by atoms with van der Waals surface area (Å²) >= 11 is 3.38. The average Bonchev–Trinajstić information content (AvgIpc) is 2.78. The molecule has 6 nitrogen and oxygen atoms in total. The van der Waals surface area contributed by atoms with Crippen molar-refractivity contribution in [1.29, 1.82) is 0 Å². The SMILES string of the molecule is C[C@@H](NC(=O)COc1ccc(S(=O)(=O)NCc2ccccc2)cc1)c1ccc(Br)cc1. The minimum absolute atomic E-state index is 0.129. The van der Waals surface area contributed by atoms with Gasteiger partial charge in [-0.05, 0) is 54.4 Å². The van der Waals surface area contributed by atoms with E-state index in [1.54, 1.807) is 0 Å². The number of sulfonamides is 1. The molecule has 0 bridgehead atoms. The third-order valence-electron chi connectivity index (χ3n) is 4.56. The molecule has 162 valence electrons. The van der Waals surface area contributed by atoms with E-state index in [1.165, 1.54) is 24.3 Å². The van der Waals surface area contributed by atoms with Crippen LogP contribution in [0.2, 0.25) is 0 Å². The maximum atomic E-state index is 12.4. The van der Waals surface area contributed by atoms with Crippen LogP contribution in [0.5, 0.6) is 5.75 Å². The lowest BCUT2D eigenvalue weighted by Crippen LogP contribution is -2.31. The number of hydrogen-bond acceptors (Lipinski definition) is 4. The molecule has 0 saturated heterocycles. The van der Waals surface area contributed by atoms with Crippen LogP contribution >= 0.6 is 15.9 Å². The lowest BCUT2D eigenvalue weighted by Gasteiger charge is -2.15. The molecule has 3 aromatic rings. The van der Waals surface area contributed by atoms with Gasteiger partial charge in [0.1, 0.15) is 5.75 Å². The fourth-order valence-corrected chi connectivity index (χ4v) is 4.12. The third kappa shape index (κ3) is 6.92. The van der Waals surface area contributed by atoms with E-state index in [-0.39, 0.29) is 30.0 Å². The van der Waals surface area contributed by atoms with Crippen molar-refractivity contribution in [3.8, 4) is 5.75 Å². The van der Waals surface area contributed by atoms with E-state index < -0.39 is 10.0 Å². The fraction of sp³-hybridized carbons (Fsp3) is 0.174. The Hall–Kier alpha value is -2.68. The summed E-state index contributed by atoms with van der Waals surface area (Å²) in [5, 5.41) is 2.87. The summed E-state index contributed by atoms with van der Waals surface area (Å²) in [6.45, 7) is 1.93.